The van der Waals surface area contributed by atoms with Gasteiger partial charge in [-0.1, -0.05) is 29.8 Å². The number of para-hydroxylation sites is 1. The first-order valence-electron chi connectivity index (χ1n) is 9.65. The average Bonchev–Trinajstić information content (AvgIpc) is 3.27. The van der Waals surface area contributed by atoms with Crippen LogP contribution in [-0.2, 0) is 4.79 Å². The lowest BCUT2D eigenvalue weighted by Gasteiger charge is -2.21. The highest BCUT2D eigenvalue weighted by atomic mass is 16.6. The number of anilines is 1. The average molecular weight is 426 g/mol. The Morgan fingerprint density at radius 3 is 2.50 bits per heavy atom. The number of nitro groups is 1. The van der Waals surface area contributed by atoms with Crippen LogP contribution in [0.5, 0.6) is 0 Å². The van der Waals surface area contributed by atoms with Crippen molar-refractivity contribution in [3.05, 3.63) is 87.7 Å². The number of hydrogen-bond acceptors (Lipinski definition) is 6. The Balaban J connectivity index is 1.94. The van der Waals surface area contributed by atoms with Gasteiger partial charge in [0.1, 0.15) is 23.2 Å². The number of aryl methyl sites for hydroxylation is 1. The number of hydrogen-bond donors (Lipinski definition) is 0. The molecule has 8 nitrogen and oxygen atoms in total. The normalized spacial score (nSPS) is 10.8. The number of nitrogens with zero attached hydrogens (tertiary/aromatic N) is 4. The smallest absolute Gasteiger partial charge is 0.280 e. The molecule has 0 fully saturated rings. The van der Waals surface area contributed by atoms with Crippen LogP contribution in [0.3, 0.4) is 0 Å². The van der Waals surface area contributed by atoms with Crippen LogP contribution in [0.2, 0.25) is 0 Å². The maximum atomic E-state index is 13.1. The Hall–Kier alpha value is -4.69. The monoisotopic (exact) mass is 426 g/mol. The van der Waals surface area contributed by atoms with Crippen molar-refractivity contribution in [2.75, 3.05) is 11.4 Å². The molecular weight excluding hydrogens is 408 g/mol. The second kappa shape index (κ2) is 9.88. The Kier molecular flexibility index (Phi) is 6.79. The van der Waals surface area contributed by atoms with Gasteiger partial charge in [-0.15, -0.1) is 0 Å². The zero-order chi connectivity index (χ0) is 23.1. The lowest BCUT2D eigenvalue weighted by atomic mass is 10.1. The van der Waals surface area contributed by atoms with Crippen molar-refractivity contribution in [3.63, 3.8) is 0 Å². The van der Waals surface area contributed by atoms with E-state index in [2.05, 4.69) is 0 Å². The highest BCUT2D eigenvalue weighted by molar-refractivity contribution is 6.11. The second-order valence-corrected chi connectivity index (χ2v) is 6.85. The fourth-order valence-corrected chi connectivity index (χ4v) is 3.08. The molecule has 0 N–H and O–H groups in total. The summed E-state index contributed by atoms with van der Waals surface area (Å²) in [6.07, 6.45) is 1.38. The number of rotatable bonds is 7. The molecule has 0 saturated carbocycles. The molecule has 3 rings (SSSR count). The molecule has 0 aliphatic carbocycles. The molecule has 0 radical (unpaired) electrons. The quantitative estimate of drug-likeness (QED) is 0.226. The zero-order valence-electron chi connectivity index (χ0n) is 17.2. The van der Waals surface area contributed by atoms with Crippen LogP contribution in [0.4, 0.5) is 11.4 Å². The molecule has 158 valence electrons. The van der Waals surface area contributed by atoms with Crippen LogP contribution in [-0.4, -0.2) is 17.4 Å². The first-order chi connectivity index (χ1) is 15.4. The maximum Gasteiger partial charge on any atom is 0.280 e. The van der Waals surface area contributed by atoms with Crippen molar-refractivity contribution in [1.29, 1.82) is 10.5 Å². The van der Waals surface area contributed by atoms with Crippen molar-refractivity contribution >= 4 is 23.4 Å². The van der Waals surface area contributed by atoms with Crippen LogP contribution < -0.4 is 4.90 Å². The van der Waals surface area contributed by atoms with Gasteiger partial charge >= 0.3 is 0 Å². The predicted molar refractivity (Wildman–Crippen MR) is 118 cm³/mol. The molecule has 0 spiro atoms. The van der Waals surface area contributed by atoms with Gasteiger partial charge in [0.15, 0.2) is 0 Å². The Morgan fingerprint density at radius 1 is 1.12 bits per heavy atom. The highest BCUT2D eigenvalue weighted by Crippen LogP contribution is 2.31. The van der Waals surface area contributed by atoms with E-state index in [1.807, 2.05) is 31.2 Å². The van der Waals surface area contributed by atoms with Gasteiger partial charge in [-0.25, -0.2) is 0 Å². The van der Waals surface area contributed by atoms with E-state index in [0.717, 1.165) is 5.56 Å². The molecule has 0 saturated heterocycles. The molecular formula is C24H18N4O4. The van der Waals surface area contributed by atoms with E-state index in [4.69, 9.17) is 9.68 Å². The molecule has 1 heterocycles. The van der Waals surface area contributed by atoms with Crippen molar-refractivity contribution in [1.82, 2.24) is 0 Å². The summed E-state index contributed by atoms with van der Waals surface area (Å²) in [6.45, 7) is 2.04. The number of furan rings is 1. The third kappa shape index (κ3) is 4.89. The summed E-state index contributed by atoms with van der Waals surface area (Å²) in [4.78, 5) is 25.2. The van der Waals surface area contributed by atoms with Gasteiger partial charge in [0.05, 0.1) is 23.0 Å². The number of benzene rings is 2. The summed E-state index contributed by atoms with van der Waals surface area (Å²) in [5.74, 6) is -0.129. The summed E-state index contributed by atoms with van der Waals surface area (Å²) >= 11 is 0. The summed E-state index contributed by atoms with van der Waals surface area (Å²) < 4.78 is 5.67. The lowest BCUT2D eigenvalue weighted by Crippen LogP contribution is -2.32. The molecule has 0 bridgehead atoms. The first kappa shape index (κ1) is 22.0. The zero-order valence-corrected chi connectivity index (χ0v) is 17.2. The van der Waals surface area contributed by atoms with Gasteiger partial charge in [-0.3, -0.25) is 14.9 Å². The second-order valence-electron chi connectivity index (χ2n) is 6.85. The molecule has 0 atom stereocenters. The van der Waals surface area contributed by atoms with Gasteiger partial charge < -0.3 is 9.32 Å². The fraction of sp³-hybridized carbons (Fsp3) is 0.125. The number of carbonyl (C=O) groups is 1. The van der Waals surface area contributed by atoms with Gasteiger partial charge in [0.2, 0.25) is 0 Å². The molecule has 3 aromatic rings. The SMILES string of the molecule is Cc1ccc(N(CCC#N)C(=O)/C(C#N)=C/c2ccc(-c3ccccc3[N+](=O)[O-])o2)cc1. The fourth-order valence-electron chi connectivity index (χ4n) is 3.08. The topological polar surface area (TPSA) is 124 Å². The van der Waals surface area contributed by atoms with Crippen LogP contribution in [0.25, 0.3) is 17.4 Å². The number of nitriles is 2. The molecule has 0 aliphatic heterocycles. The van der Waals surface area contributed by atoms with E-state index >= 15 is 0 Å². The number of nitro benzene ring substituents is 1. The minimum atomic E-state index is -0.574. The van der Waals surface area contributed by atoms with E-state index in [1.165, 1.54) is 23.1 Å². The van der Waals surface area contributed by atoms with Gasteiger partial charge in [-0.2, -0.15) is 10.5 Å². The molecule has 8 heteroatoms. The van der Waals surface area contributed by atoms with Crippen LogP contribution in [0.1, 0.15) is 17.7 Å². The third-order valence-electron chi connectivity index (χ3n) is 4.67. The summed E-state index contributed by atoms with van der Waals surface area (Å²) in [7, 11) is 0. The van der Waals surface area contributed by atoms with Crippen molar-refractivity contribution < 1.29 is 14.1 Å². The molecule has 0 aliphatic rings. The minimum absolute atomic E-state index is 0.0981. The third-order valence-corrected chi connectivity index (χ3v) is 4.67. The lowest BCUT2D eigenvalue weighted by molar-refractivity contribution is -0.384. The summed E-state index contributed by atoms with van der Waals surface area (Å²) in [6, 6.07) is 20.3. The molecule has 2 aromatic carbocycles. The van der Waals surface area contributed by atoms with E-state index in [9.17, 15) is 20.2 Å². The minimum Gasteiger partial charge on any atom is -0.456 e. The van der Waals surface area contributed by atoms with Gasteiger partial charge in [0, 0.05) is 24.4 Å². The van der Waals surface area contributed by atoms with Crippen molar-refractivity contribution in [2.24, 2.45) is 0 Å². The largest absolute Gasteiger partial charge is 0.456 e. The van der Waals surface area contributed by atoms with Crippen LogP contribution >= 0.6 is 0 Å². The van der Waals surface area contributed by atoms with Crippen molar-refractivity contribution in [2.45, 2.75) is 13.3 Å². The van der Waals surface area contributed by atoms with Gasteiger partial charge in [0.25, 0.3) is 11.6 Å². The Bertz CT molecular complexity index is 1260. The maximum absolute atomic E-state index is 13.1. The van der Waals surface area contributed by atoms with Gasteiger partial charge in [-0.05, 0) is 37.3 Å². The van der Waals surface area contributed by atoms with E-state index in [-0.39, 0.29) is 41.3 Å². The van der Waals surface area contributed by atoms with Crippen molar-refractivity contribution in [3.8, 4) is 23.5 Å². The molecule has 1 amide bonds. The number of carbonyl (C=O) groups excluding carboxylic acids is 1. The molecule has 32 heavy (non-hydrogen) atoms. The molecule has 1 aromatic heterocycles. The first-order valence-corrected chi connectivity index (χ1v) is 9.65. The number of amides is 1. The highest BCUT2D eigenvalue weighted by Gasteiger charge is 2.21. The summed E-state index contributed by atoms with van der Waals surface area (Å²) in [5.41, 5.74) is 1.56. The van der Waals surface area contributed by atoms with E-state index in [1.54, 1.807) is 36.4 Å². The van der Waals surface area contributed by atoms with E-state index in [0.29, 0.717) is 5.69 Å². The summed E-state index contributed by atoms with van der Waals surface area (Å²) in [5, 5.41) is 29.8. The standard InChI is InChI=1S/C24H18N4O4/c1-17-7-9-19(10-8-17)27(14-4-13-25)24(29)18(16-26)15-20-11-12-23(32-20)21-5-2-3-6-22(21)28(30)31/h2-3,5-12,15H,4,14H2,1H3/b18-15+. The van der Waals surface area contributed by atoms with E-state index < -0.39 is 10.8 Å². The molecule has 0 unspecified atom stereocenters. The van der Waals surface area contributed by atoms with Crippen LogP contribution in [0.15, 0.2) is 70.7 Å². The Labute approximate surface area is 184 Å². The predicted octanol–water partition coefficient (Wildman–Crippen LogP) is 5.02. The van der Waals surface area contributed by atoms with Crippen LogP contribution in [0, 0.1) is 39.7 Å². The Morgan fingerprint density at radius 2 is 1.84 bits per heavy atom.